The van der Waals surface area contributed by atoms with E-state index < -0.39 is 0 Å². The lowest BCUT2D eigenvalue weighted by molar-refractivity contribution is 0.865. The van der Waals surface area contributed by atoms with Crippen LogP contribution in [-0.4, -0.2) is 11.8 Å². The van der Waals surface area contributed by atoms with Crippen LogP contribution in [0.4, 0.5) is 17.1 Å². The highest BCUT2D eigenvalue weighted by molar-refractivity contribution is 7.99. The summed E-state index contributed by atoms with van der Waals surface area (Å²) in [4.78, 5) is 4.71. The van der Waals surface area contributed by atoms with Crippen LogP contribution in [0.1, 0.15) is 0 Å². The van der Waals surface area contributed by atoms with Gasteiger partial charge in [0.15, 0.2) is 5.11 Å². The van der Waals surface area contributed by atoms with Crippen LogP contribution in [0.5, 0.6) is 0 Å². The van der Waals surface area contributed by atoms with Crippen molar-refractivity contribution >= 4 is 57.8 Å². The van der Waals surface area contributed by atoms with Crippen molar-refractivity contribution in [2.24, 2.45) is 0 Å². The molecule has 3 aromatic rings. The molecule has 0 saturated carbocycles. The van der Waals surface area contributed by atoms with Crippen LogP contribution in [0.2, 0.25) is 5.02 Å². The number of halogens is 1. The summed E-state index contributed by atoms with van der Waals surface area (Å²) in [6.45, 7) is 0.560. The third-order valence-corrected chi connectivity index (χ3v) is 5.76. The fourth-order valence-corrected chi connectivity index (χ4v) is 4.28. The Bertz CT molecular complexity index is 916. The zero-order valence-corrected chi connectivity index (χ0v) is 16.2. The molecule has 1 heterocycles. The number of benzene rings is 3. The average Bonchev–Trinajstić information content (AvgIpc) is 2.67. The van der Waals surface area contributed by atoms with Crippen molar-refractivity contribution in [1.82, 2.24) is 5.32 Å². The topological polar surface area (TPSA) is 27.3 Å². The maximum Gasteiger partial charge on any atom is 0.172 e. The van der Waals surface area contributed by atoms with Crippen molar-refractivity contribution in [3.05, 3.63) is 77.8 Å². The van der Waals surface area contributed by atoms with E-state index in [-0.39, 0.29) is 0 Å². The summed E-state index contributed by atoms with van der Waals surface area (Å²) in [5.41, 5.74) is 3.13. The van der Waals surface area contributed by atoms with Gasteiger partial charge in [0.05, 0.1) is 28.8 Å². The summed E-state index contributed by atoms with van der Waals surface area (Å²) in [6.07, 6.45) is 0. The van der Waals surface area contributed by atoms with Gasteiger partial charge in [0.1, 0.15) is 0 Å². The summed E-state index contributed by atoms with van der Waals surface area (Å²) in [5, 5.41) is 7.62. The molecule has 2 N–H and O–H groups in total. The fraction of sp³-hybridized carbons (Fsp3) is 0.0500. The molecule has 0 fully saturated rings. The number of anilines is 3. The molecule has 26 heavy (non-hydrogen) atoms. The zero-order chi connectivity index (χ0) is 17.9. The Hall–Kier alpha value is -2.21. The molecule has 130 valence electrons. The lowest BCUT2D eigenvalue weighted by Crippen LogP contribution is -2.38. The van der Waals surface area contributed by atoms with Crippen molar-refractivity contribution in [1.29, 1.82) is 0 Å². The van der Waals surface area contributed by atoms with Gasteiger partial charge in [0, 0.05) is 9.79 Å². The van der Waals surface area contributed by atoms with Crippen LogP contribution < -0.4 is 15.5 Å². The maximum absolute atomic E-state index is 6.19. The van der Waals surface area contributed by atoms with Crippen LogP contribution >= 0.6 is 35.6 Å². The molecule has 1 aliphatic heterocycles. The van der Waals surface area contributed by atoms with E-state index >= 15 is 0 Å². The lowest BCUT2D eigenvalue weighted by Gasteiger charge is -2.33. The van der Waals surface area contributed by atoms with Gasteiger partial charge in [-0.05, 0) is 48.6 Å². The number of nitrogens with zero attached hydrogens (tertiary/aromatic N) is 1. The molecule has 1 aliphatic rings. The van der Waals surface area contributed by atoms with Gasteiger partial charge in [0.2, 0.25) is 0 Å². The monoisotopic (exact) mass is 397 g/mol. The second kappa shape index (κ2) is 7.58. The van der Waals surface area contributed by atoms with Gasteiger partial charge >= 0.3 is 0 Å². The first-order valence-electron chi connectivity index (χ1n) is 8.15. The minimum Gasteiger partial charge on any atom is -0.345 e. The SMILES string of the molecule is S=C(NCN1c2ccccc2Sc2ccccc21)Nc1ccccc1Cl. The Morgan fingerprint density at radius 3 is 2.12 bits per heavy atom. The van der Waals surface area contributed by atoms with Gasteiger partial charge in [-0.1, -0.05) is 59.8 Å². The molecular weight excluding hydrogens is 382 g/mol. The van der Waals surface area contributed by atoms with E-state index in [0.29, 0.717) is 16.8 Å². The normalized spacial score (nSPS) is 12.1. The van der Waals surface area contributed by atoms with E-state index in [1.54, 1.807) is 11.8 Å². The summed E-state index contributed by atoms with van der Waals surface area (Å²) in [7, 11) is 0. The second-order valence-electron chi connectivity index (χ2n) is 5.73. The standard InChI is InChI=1S/C20H16ClN3S2/c21-14-7-1-2-8-15(14)23-20(25)22-13-24-16-9-3-5-11-18(16)26-19-12-6-4-10-17(19)24/h1-12H,13H2,(H2,22,23,25). The highest BCUT2D eigenvalue weighted by atomic mass is 35.5. The molecule has 3 nitrogen and oxygen atoms in total. The second-order valence-corrected chi connectivity index (χ2v) is 7.63. The summed E-state index contributed by atoms with van der Waals surface area (Å²) >= 11 is 13.4. The van der Waals surface area contributed by atoms with E-state index in [9.17, 15) is 0 Å². The van der Waals surface area contributed by atoms with E-state index in [2.05, 4.69) is 64.1 Å². The van der Waals surface area contributed by atoms with Gasteiger partial charge in [-0.2, -0.15) is 0 Å². The molecule has 0 spiro atoms. The predicted octanol–water partition coefficient (Wildman–Crippen LogP) is 5.89. The van der Waals surface area contributed by atoms with E-state index in [4.69, 9.17) is 23.8 Å². The van der Waals surface area contributed by atoms with Gasteiger partial charge in [-0.15, -0.1) is 0 Å². The number of thiocarbonyl (C=S) groups is 1. The fourth-order valence-electron chi connectivity index (χ4n) is 2.83. The Balaban J connectivity index is 1.53. The summed E-state index contributed by atoms with van der Waals surface area (Å²) < 4.78 is 0. The van der Waals surface area contributed by atoms with Crippen LogP contribution in [0.15, 0.2) is 82.6 Å². The molecule has 0 aromatic heterocycles. The van der Waals surface area contributed by atoms with E-state index in [1.165, 1.54) is 21.2 Å². The quantitative estimate of drug-likeness (QED) is 0.538. The summed E-state index contributed by atoms with van der Waals surface area (Å²) in [6, 6.07) is 24.3. The molecule has 6 heteroatoms. The van der Waals surface area contributed by atoms with Crippen molar-refractivity contribution in [3.8, 4) is 0 Å². The Labute approximate surface area is 167 Å². The van der Waals surface area contributed by atoms with Crippen molar-refractivity contribution in [2.75, 3.05) is 16.9 Å². The van der Waals surface area contributed by atoms with Gasteiger partial charge in [-0.25, -0.2) is 0 Å². The summed E-state index contributed by atoms with van der Waals surface area (Å²) in [5.74, 6) is 0. The number of hydrogen-bond acceptors (Lipinski definition) is 3. The number of para-hydroxylation sites is 3. The van der Waals surface area contributed by atoms with Crippen LogP contribution in [0, 0.1) is 0 Å². The smallest absolute Gasteiger partial charge is 0.172 e. The predicted molar refractivity (Wildman–Crippen MR) is 115 cm³/mol. The highest BCUT2D eigenvalue weighted by Crippen LogP contribution is 2.47. The molecule has 3 aromatic carbocycles. The lowest BCUT2D eigenvalue weighted by atomic mass is 10.2. The van der Waals surface area contributed by atoms with Crippen LogP contribution in [-0.2, 0) is 0 Å². The first-order valence-corrected chi connectivity index (χ1v) is 9.75. The van der Waals surface area contributed by atoms with Crippen LogP contribution in [0.25, 0.3) is 0 Å². The molecule has 0 unspecified atom stereocenters. The van der Waals surface area contributed by atoms with Crippen molar-refractivity contribution in [3.63, 3.8) is 0 Å². The molecule has 0 radical (unpaired) electrons. The van der Waals surface area contributed by atoms with Crippen molar-refractivity contribution < 1.29 is 0 Å². The van der Waals surface area contributed by atoms with E-state index in [0.717, 1.165) is 5.69 Å². The van der Waals surface area contributed by atoms with Gasteiger partial charge < -0.3 is 15.5 Å². The molecule has 0 atom stereocenters. The number of rotatable bonds is 3. The highest BCUT2D eigenvalue weighted by Gasteiger charge is 2.22. The largest absolute Gasteiger partial charge is 0.345 e. The number of nitrogens with one attached hydrogen (secondary N) is 2. The first-order chi connectivity index (χ1) is 12.7. The third kappa shape index (κ3) is 3.51. The van der Waals surface area contributed by atoms with Crippen molar-refractivity contribution in [2.45, 2.75) is 9.79 Å². The average molecular weight is 398 g/mol. The Morgan fingerprint density at radius 1 is 0.885 bits per heavy atom. The molecule has 0 amide bonds. The number of hydrogen-bond donors (Lipinski definition) is 2. The first kappa shape index (κ1) is 17.2. The number of fused-ring (bicyclic) bond motifs is 2. The maximum atomic E-state index is 6.19. The van der Waals surface area contributed by atoms with Gasteiger partial charge in [-0.3, -0.25) is 0 Å². The van der Waals surface area contributed by atoms with Crippen LogP contribution in [0.3, 0.4) is 0 Å². The zero-order valence-electron chi connectivity index (χ0n) is 13.8. The minimum atomic E-state index is 0.534. The van der Waals surface area contributed by atoms with E-state index in [1.807, 2.05) is 24.3 Å². The Kier molecular flexibility index (Phi) is 5.02. The van der Waals surface area contributed by atoms with Gasteiger partial charge in [0.25, 0.3) is 0 Å². The Morgan fingerprint density at radius 2 is 1.46 bits per heavy atom. The molecule has 0 aliphatic carbocycles. The molecular formula is C20H16ClN3S2. The molecule has 0 bridgehead atoms. The minimum absolute atomic E-state index is 0.534. The molecule has 0 saturated heterocycles. The third-order valence-electron chi connectivity index (χ3n) is 4.05. The molecule has 4 rings (SSSR count).